The van der Waals surface area contributed by atoms with Gasteiger partial charge in [-0.1, -0.05) is 31.5 Å². The lowest BCUT2D eigenvalue weighted by Gasteiger charge is -2.24. The maximum absolute atomic E-state index is 13.5. The Kier molecular flexibility index (Phi) is 6.58. The van der Waals surface area contributed by atoms with Crippen LogP contribution in [0.2, 0.25) is 0 Å². The highest BCUT2D eigenvalue weighted by Gasteiger charge is 2.30. The third-order valence-electron chi connectivity index (χ3n) is 4.73. The Morgan fingerprint density at radius 3 is 2.33 bits per heavy atom. The summed E-state index contributed by atoms with van der Waals surface area (Å²) < 4.78 is 33.9. The molecule has 0 unspecified atom stereocenters. The molecule has 6 nitrogen and oxygen atoms in total. The molecule has 0 aliphatic carbocycles. The van der Waals surface area contributed by atoms with Crippen LogP contribution in [0.1, 0.15) is 47.4 Å². The summed E-state index contributed by atoms with van der Waals surface area (Å²) in [6.07, 6.45) is 1.44. The molecule has 0 bridgehead atoms. The smallest absolute Gasteiger partial charge is 0.337 e. The van der Waals surface area contributed by atoms with Crippen LogP contribution < -0.4 is 4.31 Å². The molecular formula is C22H23NO5S2. The standard InChI is InChI=1S/C22H23NO5S2/c1-4-5-14-23(21-20(15(2)24)18-8-6-7-9-19(18)29-21)30(26,27)17-12-10-16(11-13-17)22(25)28-3/h6-13H,4-5,14H2,1-3H3. The van der Waals surface area contributed by atoms with E-state index in [-0.39, 0.29) is 22.8 Å². The molecule has 0 amide bonds. The molecule has 1 heterocycles. The summed E-state index contributed by atoms with van der Waals surface area (Å²) in [5.41, 5.74) is 0.685. The number of methoxy groups -OCH3 is 1. The normalized spacial score (nSPS) is 11.4. The van der Waals surface area contributed by atoms with Crippen LogP contribution in [0, 0.1) is 0 Å². The molecular weight excluding hydrogens is 422 g/mol. The highest BCUT2D eigenvalue weighted by Crippen LogP contribution is 2.40. The Hall–Kier alpha value is -2.71. The monoisotopic (exact) mass is 445 g/mol. The van der Waals surface area contributed by atoms with E-state index in [1.807, 2.05) is 31.2 Å². The molecule has 3 rings (SSSR count). The Bertz CT molecular complexity index is 1180. The highest BCUT2D eigenvalue weighted by atomic mass is 32.2. The number of fused-ring (bicyclic) bond motifs is 1. The molecule has 0 N–H and O–H groups in total. The van der Waals surface area contributed by atoms with E-state index in [1.165, 1.54) is 53.9 Å². The summed E-state index contributed by atoms with van der Waals surface area (Å²) in [6.45, 7) is 3.69. The van der Waals surface area contributed by atoms with Gasteiger partial charge in [0.1, 0.15) is 5.00 Å². The van der Waals surface area contributed by atoms with Crippen LogP contribution in [0.25, 0.3) is 10.1 Å². The minimum Gasteiger partial charge on any atom is -0.465 e. The van der Waals surface area contributed by atoms with Crippen molar-refractivity contribution in [1.82, 2.24) is 0 Å². The fraction of sp³-hybridized carbons (Fsp3) is 0.273. The van der Waals surface area contributed by atoms with Gasteiger partial charge in [0, 0.05) is 16.6 Å². The zero-order chi connectivity index (χ0) is 21.9. The second kappa shape index (κ2) is 8.97. The maximum atomic E-state index is 13.5. The minimum atomic E-state index is -3.94. The Morgan fingerprint density at radius 2 is 1.73 bits per heavy atom. The van der Waals surface area contributed by atoms with Gasteiger partial charge in [-0.05, 0) is 43.7 Å². The molecule has 158 valence electrons. The van der Waals surface area contributed by atoms with Crippen molar-refractivity contribution in [2.24, 2.45) is 0 Å². The molecule has 0 saturated heterocycles. The van der Waals surface area contributed by atoms with Gasteiger partial charge in [0.05, 0.1) is 23.1 Å². The largest absolute Gasteiger partial charge is 0.465 e. The van der Waals surface area contributed by atoms with Crippen LogP contribution in [0.3, 0.4) is 0 Å². The van der Waals surface area contributed by atoms with E-state index in [1.54, 1.807) is 0 Å². The number of benzene rings is 2. The van der Waals surface area contributed by atoms with Crippen molar-refractivity contribution in [2.75, 3.05) is 18.0 Å². The van der Waals surface area contributed by atoms with Gasteiger partial charge in [-0.25, -0.2) is 13.2 Å². The van der Waals surface area contributed by atoms with Crippen molar-refractivity contribution in [3.8, 4) is 0 Å². The lowest BCUT2D eigenvalue weighted by Crippen LogP contribution is -2.32. The highest BCUT2D eigenvalue weighted by molar-refractivity contribution is 7.93. The zero-order valence-electron chi connectivity index (χ0n) is 17.0. The first-order chi connectivity index (χ1) is 14.3. The molecule has 1 aromatic heterocycles. The minimum absolute atomic E-state index is 0.0539. The van der Waals surface area contributed by atoms with Gasteiger partial charge in [-0.2, -0.15) is 0 Å². The first-order valence-electron chi connectivity index (χ1n) is 9.54. The van der Waals surface area contributed by atoms with E-state index in [0.717, 1.165) is 16.5 Å². The number of carbonyl (C=O) groups excluding carboxylic acids is 2. The van der Waals surface area contributed by atoms with Gasteiger partial charge in [0.2, 0.25) is 0 Å². The van der Waals surface area contributed by atoms with E-state index in [0.29, 0.717) is 17.0 Å². The van der Waals surface area contributed by atoms with Crippen molar-refractivity contribution in [3.63, 3.8) is 0 Å². The van der Waals surface area contributed by atoms with Gasteiger partial charge in [-0.15, -0.1) is 11.3 Å². The molecule has 2 aromatic carbocycles. The number of ether oxygens (including phenoxy) is 1. The quantitative estimate of drug-likeness (QED) is 0.364. The third kappa shape index (κ3) is 4.11. The number of ketones is 1. The molecule has 0 fully saturated rings. The summed E-state index contributed by atoms with van der Waals surface area (Å²) >= 11 is 1.30. The number of nitrogens with zero attached hydrogens (tertiary/aromatic N) is 1. The first-order valence-corrected chi connectivity index (χ1v) is 11.8. The Labute approximate surface area is 180 Å². The van der Waals surface area contributed by atoms with Crippen molar-refractivity contribution in [1.29, 1.82) is 0 Å². The summed E-state index contributed by atoms with van der Waals surface area (Å²) in [7, 11) is -2.67. The number of unbranched alkanes of at least 4 members (excludes halogenated alkanes) is 1. The third-order valence-corrected chi connectivity index (χ3v) is 7.86. The molecule has 30 heavy (non-hydrogen) atoms. The molecule has 3 aromatic rings. The second-order valence-corrected chi connectivity index (χ2v) is 9.67. The van der Waals surface area contributed by atoms with Crippen LogP contribution in [0.4, 0.5) is 5.00 Å². The number of anilines is 1. The molecule has 0 atom stereocenters. The van der Waals surface area contributed by atoms with Crippen LogP contribution in [0.5, 0.6) is 0 Å². The van der Waals surface area contributed by atoms with Gasteiger partial charge in [0.25, 0.3) is 10.0 Å². The molecule has 0 spiro atoms. The fourth-order valence-electron chi connectivity index (χ4n) is 3.19. The van der Waals surface area contributed by atoms with Gasteiger partial charge in [0.15, 0.2) is 5.78 Å². The van der Waals surface area contributed by atoms with E-state index >= 15 is 0 Å². The van der Waals surface area contributed by atoms with Gasteiger partial charge in [-0.3, -0.25) is 9.10 Å². The maximum Gasteiger partial charge on any atom is 0.337 e. The number of carbonyl (C=O) groups is 2. The summed E-state index contributed by atoms with van der Waals surface area (Å²) in [5.74, 6) is -0.717. The van der Waals surface area contributed by atoms with Crippen molar-refractivity contribution < 1.29 is 22.7 Å². The molecule has 0 saturated carbocycles. The molecule has 0 aliphatic rings. The van der Waals surface area contributed by atoms with Crippen molar-refractivity contribution in [2.45, 2.75) is 31.6 Å². The lowest BCUT2D eigenvalue weighted by molar-refractivity contribution is 0.0600. The number of rotatable bonds is 8. The van der Waals surface area contributed by atoms with Crippen molar-refractivity contribution in [3.05, 3.63) is 59.7 Å². The average Bonchev–Trinajstić information content (AvgIpc) is 3.12. The van der Waals surface area contributed by atoms with Gasteiger partial charge >= 0.3 is 5.97 Å². The van der Waals surface area contributed by atoms with Crippen LogP contribution in [-0.4, -0.2) is 33.8 Å². The predicted molar refractivity (Wildman–Crippen MR) is 119 cm³/mol. The number of esters is 1. The summed E-state index contributed by atoms with van der Waals surface area (Å²) in [6, 6.07) is 13.0. The Morgan fingerprint density at radius 1 is 1.07 bits per heavy atom. The van der Waals surface area contributed by atoms with Crippen molar-refractivity contribution >= 4 is 48.2 Å². The van der Waals surface area contributed by atoms with Crippen LogP contribution in [-0.2, 0) is 14.8 Å². The van der Waals surface area contributed by atoms with E-state index in [2.05, 4.69) is 4.74 Å². The zero-order valence-corrected chi connectivity index (χ0v) is 18.7. The molecule has 8 heteroatoms. The molecule has 0 aliphatic heterocycles. The van der Waals surface area contributed by atoms with E-state index < -0.39 is 16.0 Å². The van der Waals surface area contributed by atoms with Crippen LogP contribution in [0.15, 0.2) is 53.4 Å². The predicted octanol–water partition coefficient (Wildman–Crippen LogP) is 4.89. The van der Waals surface area contributed by atoms with Crippen LogP contribution >= 0.6 is 11.3 Å². The first kappa shape index (κ1) is 22.0. The van der Waals surface area contributed by atoms with Gasteiger partial charge < -0.3 is 4.74 Å². The Balaban J connectivity index is 2.15. The average molecular weight is 446 g/mol. The fourth-order valence-corrected chi connectivity index (χ4v) is 6.19. The number of hydrogen-bond donors (Lipinski definition) is 0. The number of sulfonamides is 1. The molecule has 0 radical (unpaired) electrons. The number of thiophene rings is 1. The summed E-state index contributed by atoms with van der Waals surface area (Å²) in [5, 5.41) is 1.18. The SMILES string of the molecule is CCCCN(c1sc2ccccc2c1C(C)=O)S(=O)(=O)c1ccc(C(=O)OC)cc1. The van der Waals surface area contributed by atoms with E-state index in [4.69, 9.17) is 0 Å². The topological polar surface area (TPSA) is 80.8 Å². The second-order valence-electron chi connectivity index (χ2n) is 6.78. The lowest BCUT2D eigenvalue weighted by atomic mass is 10.1. The van der Waals surface area contributed by atoms with E-state index in [9.17, 15) is 18.0 Å². The summed E-state index contributed by atoms with van der Waals surface area (Å²) in [4.78, 5) is 24.2. The number of hydrogen-bond acceptors (Lipinski definition) is 6. The number of Topliss-reactive ketones (excluding diaryl/α,β-unsaturated/α-hetero) is 1.